The molecule has 0 spiro atoms. The molecule has 2 aliphatic heterocycles. The third-order valence-corrected chi connectivity index (χ3v) is 14.1. The fourth-order valence-electron chi connectivity index (χ4n) is 10.5. The number of allylic oxidation sites excluding steroid dienone is 2. The number of aromatic hydroxyl groups is 1. The molecule has 2 saturated heterocycles. The number of benzene rings is 5. The first kappa shape index (κ1) is 43.8. The van der Waals surface area contributed by atoms with Crippen LogP contribution >= 0.6 is 23.2 Å². The number of phenolic OH excluding ortho intramolecular Hbond substituents is 1. The lowest BCUT2D eigenvalue weighted by molar-refractivity contribution is -0.139. The van der Waals surface area contributed by atoms with E-state index in [9.17, 15) is 27.9 Å². The number of nitrogens with one attached hydrogen (secondary N) is 1. The van der Waals surface area contributed by atoms with Crippen molar-refractivity contribution in [2.75, 3.05) is 29.3 Å². The van der Waals surface area contributed by atoms with Crippen LogP contribution in [-0.2, 0) is 30.8 Å². The van der Waals surface area contributed by atoms with Crippen LogP contribution in [0.3, 0.4) is 0 Å². The minimum absolute atomic E-state index is 0.101. The molecule has 3 heterocycles. The average Bonchev–Trinajstić information content (AvgIpc) is 3.69. The Labute approximate surface area is 391 Å². The van der Waals surface area contributed by atoms with Gasteiger partial charge in [-0.2, -0.15) is 28.4 Å². The number of carbonyl (C=O) groups excluding carboxylic acids is 4. The van der Waals surface area contributed by atoms with Crippen molar-refractivity contribution in [1.29, 1.82) is 0 Å². The quantitative estimate of drug-likeness (QED) is 0.0871. The van der Waals surface area contributed by atoms with E-state index in [4.69, 9.17) is 23.2 Å². The molecular weight excluding hydrogens is 906 g/mol. The number of rotatable bonds is 8. The van der Waals surface area contributed by atoms with Gasteiger partial charge >= 0.3 is 6.18 Å². The van der Waals surface area contributed by atoms with E-state index >= 15 is 9.59 Å². The van der Waals surface area contributed by atoms with Gasteiger partial charge in [0.1, 0.15) is 5.75 Å². The second-order valence-electron chi connectivity index (χ2n) is 17.3. The Morgan fingerprint density at radius 3 is 2.15 bits per heavy atom. The Hall–Kier alpha value is -7.10. The summed E-state index contributed by atoms with van der Waals surface area (Å²) in [7, 11) is 3.87. The first-order chi connectivity index (χ1) is 32.1. The number of alkyl halides is 3. The SMILES string of the molecule is CN(C)c1ccc(N=Nc2ccc(N3C(=O)[C@H]4[C@H](CC=C5[C@H]4C[C@H]4C(=O)N(Nc6ncc(C(F)(F)F)cc6Cl)C(=O)[C@@]4(c4ccc(Cl)cc4)[C@H]5c4c(O)ccc5ccccc45)C3=O)cc2)cc1. The maximum Gasteiger partial charge on any atom is 0.417 e. The van der Waals surface area contributed by atoms with Gasteiger partial charge in [-0.15, -0.1) is 0 Å². The van der Waals surface area contributed by atoms with Gasteiger partial charge in [0.15, 0.2) is 5.82 Å². The number of aromatic nitrogens is 1. The number of nitrogens with zero attached hydrogens (tertiary/aromatic N) is 6. The lowest BCUT2D eigenvalue weighted by Crippen LogP contribution is -2.53. The highest BCUT2D eigenvalue weighted by atomic mass is 35.5. The summed E-state index contributed by atoms with van der Waals surface area (Å²) in [4.78, 5) is 67.3. The molecule has 0 unspecified atom stereocenters. The fourth-order valence-corrected chi connectivity index (χ4v) is 10.9. The standard InChI is InChI=1S/C50H38Cl2F3N7O5/c1-60(2)32-16-12-30(13-17-32)57-58-31-14-18-33(19-15-31)61-45(64)36-21-20-35-37(41(36)47(61)66)24-38-46(65)62(59-44-39(52)23-28(25-56-44)50(53,54)55)48(67)49(38,27-8-10-29(51)11-9-27)43(35)42-34-6-4-3-5-26(34)7-22-40(42)63/h3-20,22-23,25,36-38,41,43,63H,21,24H2,1-2H3,(H,56,59)/t36-,37+,38-,41-,43+,49+/m0/s1. The second kappa shape index (κ2) is 16.3. The van der Waals surface area contributed by atoms with Crippen LogP contribution < -0.4 is 15.2 Å². The molecular formula is C50H38Cl2F3N7O5. The van der Waals surface area contributed by atoms with Crippen LogP contribution in [0.5, 0.6) is 5.75 Å². The summed E-state index contributed by atoms with van der Waals surface area (Å²) in [6.07, 6.45) is -2.38. The first-order valence-electron chi connectivity index (χ1n) is 21.3. The highest BCUT2D eigenvalue weighted by Gasteiger charge is 2.71. The number of azo groups is 1. The normalized spacial score (nSPS) is 23.7. The third kappa shape index (κ3) is 7.10. The summed E-state index contributed by atoms with van der Waals surface area (Å²) in [6, 6.07) is 31.6. The van der Waals surface area contributed by atoms with E-state index in [1.54, 1.807) is 66.7 Å². The summed E-state index contributed by atoms with van der Waals surface area (Å²) in [5.41, 5.74) is 3.34. The van der Waals surface area contributed by atoms with Crippen molar-refractivity contribution in [3.63, 3.8) is 0 Å². The zero-order chi connectivity index (χ0) is 47.1. The molecule has 3 fully saturated rings. The maximum atomic E-state index is 15.7. The largest absolute Gasteiger partial charge is 0.508 e. The van der Waals surface area contributed by atoms with Gasteiger partial charge in [0.2, 0.25) is 11.8 Å². The summed E-state index contributed by atoms with van der Waals surface area (Å²) in [6.45, 7) is 0. The molecule has 17 heteroatoms. The Bertz CT molecular complexity index is 3090. The van der Waals surface area contributed by atoms with Gasteiger partial charge in [-0.25, -0.2) is 4.98 Å². The Morgan fingerprint density at radius 2 is 1.49 bits per heavy atom. The number of phenols is 1. The lowest BCUT2D eigenvalue weighted by Gasteiger charge is -2.51. The van der Waals surface area contributed by atoms with Crippen molar-refractivity contribution in [3.8, 4) is 5.75 Å². The topological polar surface area (TPSA) is 148 Å². The number of hydrogen-bond acceptors (Lipinski definition) is 10. The number of carbonyl (C=O) groups is 4. The van der Waals surface area contributed by atoms with Gasteiger partial charge in [0.05, 0.1) is 50.8 Å². The summed E-state index contributed by atoms with van der Waals surface area (Å²) < 4.78 is 41.0. The molecule has 1 aromatic heterocycles. The summed E-state index contributed by atoms with van der Waals surface area (Å²) in [5.74, 6) is -8.09. The van der Waals surface area contributed by atoms with Crippen molar-refractivity contribution in [2.45, 2.75) is 30.4 Å². The Kier molecular flexibility index (Phi) is 10.7. The Morgan fingerprint density at radius 1 is 0.821 bits per heavy atom. The monoisotopic (exact) mass is 943 g/mol. The third-order valence-electron chi connectivity index (χ3n) is 13.5. The highest BCUT2D eigenvalue weighted by molar-refractivity contribution is 6.33. The van der Waals surface area contributed by atoms with Crippen LogP contribution in [-0.4, -0.2) is 52.8 Å². The van der Waals surface area contributed by atoms with E-state index in [0.29, 0.717) is 61.8 Å². The van der Waals surface area contributed by atoms with Crippen LogP contribution in [0.4, 0.5) is 41.7 Å². The van der Waals surface area contributed by atoms with Crippen LogP contribution in [0, 0.1) is 23.7 Å². The molecule has 12 nitrogen and oxygen atoms in total. The molecule has 6 atom stereocenters. The van der Waals surface area contributed by atoms with E-state index in [1.807, 2.05) is 61.5 Å². The van der Waals surface area contributed by atoms with E-state index in [-0.39, 0.29) is 24.4 Å². The minimum Gasteiger partial charge on any atom is -0.508 e. The van der Waals surface area contributed by atoms with Gasteiger partial charge in [0.25, 0.3) is 11.8 Å². The molecule has 4 aliphatic rings. The minimum atomic E-state index is -4.78. The van der Waals surface area contributed by atoms with Gasteiger partial charge < -0.3 is 10.0 Å². The number of anilines is 3. The van der Waals surface area contributed by atoms with Crippen LogP contribution in [0.15, 0.2) is 143 Å². The van der Waals surface area contributed by atoms with Crippen LogP contribution in [0.1, 0.15) is 35.4 Å². The maximum absolute atomic E-state index is 15.7. The van der Waals surface area contributed by atoms with Crippen molar-refractivity contribution >= 4 is 86.2 Å². The van der Waals surface area contributed by atoms with Crippen molar-refractivity contribution < 1.29 is 37.5 Å². The molecule has 1 saturated carbocycles. The van der Waals surface area contributed by atoms with Crippen molar-refractivity contribution in [3.05, 3.63) is 160 Å². The zero-order valence-corrected chi connectivity index (χ0v) is 37.1. The number of fused-ring (bicyclic) bond motifs is 5. The second-order valence-corrected chi connectivity index (χ2v) is 18.1. The predicted octanol–water partition coefficient (Wildman–Crippen LogP) is 10.9. The predicted molar refractivity (Wildman–Crippen MR) is 246 cm³/mol. The zero-order valence-electron chi connectivity index (χ0n) is 35.6. The number of halogens is 5. The van der Waals surface area contributed by atoms with Gasteiger partial charge in [-0.05, 0) is 108 Å². The number of pyridine rings is 1. The van der Waals surface area contributed by atoms with Crippen LogP contribution in [0.2, 0.25) is 10.0 Å². The highest BCUT2D eigenvalue weighted by Crippen LogP contribution is 2.65. The molecule has 6 aromatic rings. The molecule has 2 aliphatic carbocycles. The average molecular weight is 945 g/mol. The first-order valence-corrected chi connectivity index (χ1v) is 22.0. The number of imide groups is 2. The van der Waals surface area contributed by atoms with Crippen LogP contribution in [0.25, 0.3) is 10.8 Å². The molecule has 0 radical (unpaired) electrons. The fraction of sp³-hybridized carbons (Fsp3) is 0.220. The van der Waals surface area contributed by atoms with Crippen molar-refractivity contribution in [2.24, 2.45) is 33.9 Å². The number of hydrogen-bond donors (Lipinski definition) is 2. The van der Waals surface area contributed by atoms with Gasteiger partial charge in [-0.3, -0.25) is 29.5 Å². The molecule has 4 amide bonds. The van der Waals surface area contributed by atoms with E-state index in [0.717, 1.165) is 15.6 Å². The number of amides is 4. The molecule has 5 aromatic carbocycles. The summed E-state index contributed by atoms with van der Waals surface area (Å²) in [5, 5.41) is 22.6. The molecule has 0 bridgehead atoms. The molecule has 2 N–H and O–H groups in total. The molecule has 10 rings (SSSR count). The summed E-state index contributed by atoms with van der Waals surface area (Å²) >= 11 is 12.8. The van der Waals surface area contributed by atoms with E-state index in [1.165, 1.54) is 6.07 Å². The van der Waals surface area contributed by atoms with Gasteiger partial charge in [0, 0.05) is 42.5 Å². The smallest absolute Gasteiger partial charge is 0.417 e. The molecule has 67 heavy (non-hydrogen) atoms. The Balaban J connectivity index is 1.08. The number of hydrazine groups is 1. The molecule has 338 valence electrons. The van der Waals surface area contributed by atoms with E-state index < -0.39 is 75.4 Å². The lowest BCUT2D eigenvalue weighted by atomic mass is 9.48. The van der Waals surface area contributed by atoms with Gasteiger partial charge in [-0.1, -0.05) is 77.3 Å². The van der Waals surface area contributed by atoms with Crippen molar-refractivity contribution in [1.82, 2.24) is 9.99 Å². The van der Waals surface area contributed by atoms with E-state index in [2.05, 4.69) is 20.6 Å².